The van der Waals surface area contributed by atoms with E-state index in [2.05, 4.69) is 10.2 Å². The Labute approximate surface area is 175 Å². The van der Waals surface area contributed by atoms with Crippen molar-refractivity contribution in [3.8, 4) is 5.75 Å². The van der Waals surface area contributed by atoms with Crippen LogP contribution in [0.2, 0.25) is 5.82 Å². The summed E-state index contributed by atoms with van der Waals surface area (Å²) in [5.74, 6) is -1.38. The number of hydrogen-bond donors (Lipinski definition) is 4. The van der Waals surface area contributed by atoms with Gasteiger partial charge in [0, 0.05) is 44.3 Å². The molecule has 5 N–H and O–H groups in total. The van der Waals surface area contributed by atoms with E-state index >= 15 is 0 Å². The summed E-state index contributed by atoms with van der Waals surface area (Å²) in [4.78, 5) is 37.6. The molecule has 1 aromatic rings. The fourth-order valence-electron chi connectivity index (χ4n) is 4.10. The van der Waals surface area contributed by atoms with Crippen molar-refractivity contribution in [1.29, 1.82) is 0 Å². The lowest BCUT2D eigenvalue weighted by Gasteiger charge is -2.32. The summed E-state index contributed by atoms with van der Waals surface area (Å²) in [5.41, 5.74) is 6.08. The number of piperidine rings is 1. The molecule has 2 aliphatic heterocycles. The summed E-state index contributed by atoms with van der Waals surface area (Å²) >= 11 is 0. The number of para-hydroxylation sites is 1. The zero-order valence-corrected chi connectivity index (χ0v) is 16.9. The number of ketones is 1. The molecular weight excluding hydrogens is 389 g/mol. The highest BCUT2D eigenvalue weighted by Gasteiger charge is 2.38. The first kappa shape index (κ1) is 22.3. The van der Waals surface area contributed by atoms with Crippen LogP contribution >= 0.6 is 0 Å². The van der Waals surface area contributed by atoms with Gasteiger partial charge in [0.2, 0.25) is 5.91 Å². The molecule has 0 bridgehead atoms. The van der Waals surface area contributed by atoms with Crippen molar-refractivity contribution in [3.05, 3.63) is 29.3 Å². The monoisotopic (exact) mass is 417 g/mol. The SMILES string of the molecule is NCCC(=O)NC1CCN(CC(=O)C[C@H]2Cc3cccc(C(=O)O)c3OB2O)CC1. The van der Waals surface area contributed by atoms with Gasteiger partial charge in [-0.25, -0.2) is 4.79 Å². The smallest absolute Gasteiger partial charge is 0.526 e. The number of aromatic carboxylic acids is 1. The number of nitrogens with two attached hydrogens (primary N) is 1. The maximum atomic E-state index is 12.6. The van der Waals surface area contributed by atoms with Crippen molar-refractivity contribution in [3.63, 3.8) is 0 Å². The van der Waals surface area contributed by atoms with Crippen LogP contribution < -0.4 is 15.7 Å². The van der Waals surface area contributed by atoms with Crippen LogP contribution in [0.1, 0.15) is 41.6 Å². The van der Waals surface area contributed by atoms with E-state index in [1.165, 1.54) is 6.07 Å². The second-order valence-electron chi connectivity index (χ2n) is 7.97. The Balaban J connectivity index is 1.48. The molecule has 2 aliphatic rings. The van der Waals surface area contributed by atoms with Crippen LogP contribution in [-0.2, 0) is 16.0 Å². The standard InChI is InChI=1S/C20H28BN3O6/c22-7-4-18(26)23-15-5-8-24(9-6-15)12-16(25)11-14-10-13-2-1-3-17(20(27)28)19(13)30-21(14)29/h1-3,14-15,29H,4-12,22H2,(H,23,26)(H,27,28)/t14-/m1/s1. The Morgan fingerprint density at radius 2 is 2.00 bits per heavy atom. The second-order valence-corrected chi connectivity index (χ2v) is 7.97. The van der Waals surface area contributed by atoms with E-state index < -0.39 is 18.9 Å². The van der Waals surface area contributed by atoms with Gasteiger partial charge in [-0.1, -0.05) is 12.1 Å². The number of benzene rings is 1. The Kier molecular flexibility index (Phi) is 7.46. The molecule has 0 aromatic heterocycles. The lowest BCUT2D eigenvalue weighted by molar-refractivity contribution is -0.123. The summed E-state index contributed by atoms with van der Waals surface area (Å²) in [5, 5.41) is 22.5. The van der Waals surface area contributed by atoms with Crippen LogP contribution in [0.5, 0.6) is 5.75 Å². The van der Waals surface area contributed by atoms with Gasteiger partial charge in [-0.3, -0.25) is 14.5 Å². The van der Waals surface area contributed by atoms with Crippen molar-refractivity contribution in [2.24, 2.45) is 5.73 Å². The van der Waals surface area contributed by atoms with Gasteiger partial charge in [-0.2, -0.15) is 0 Å². The van der Waals surface area contributed by atoms with Crippen LogP contribution in [0.3, 0.4) is 0 Å². The number of fused-ring (bicyclic) bond motifs is 1. The minimum atomic E-state index is -1.22. The van der Waals surface area contributed by atoms with Gasteiger partial charge < -0.3 is 25.8 Å². The molecule has 9 nitrogen and oxygen atoms in total. The Hall–Kier alpha value is -2.43. The van der Waals surface area contributed by atoms with E-state index in [0.717, 1.165) is 12.8 Å². The highest BCUT2D eigenvalue weighted by atomic mass is 16.5. The largest absolute Gasteiger partial charge is 0.535 e. The first-order valence-corrected chi connectivity index (χ1v) is 10.3. The molecule has 1 fully saturated rings. The number of Topliss-reactive ketones (excluding diaryl/α,β-unsaturated/α-hetero) is 1. The molecule has 1 saturated heterocycles. The van der Waals surface area contributed by atoms with Crippen LogP contribution in [0.25, 0.3) is 0 Å². The minimum Gasteiger partial charge on any atom is -0.535 e. The van der Waals surface area contributed by atoms with Crippen molar-refractivity contribution in [2.45, 2.75) is 44.0 Å². The quantitative estimate of drug-likeness (QED) is 0.435. The summed E-state index contributed by atoms with van der Waals surface area (Å²) in [7, 11) is -1.22. The van der Waals surface area contributed by atoms with E-state index in [1.54, 1.807) is 12.1 Å². The van der Waals surface area contributed by atoms with Crippen LogP contribution in [0.15, 0.2) is 18.2 Å². The first-order chi connectivity index (χ1) is 14.4. The van der Waals surface area contributed by atoms with Crippen LogP contribution in [0, 0.1) is 0 Å². The minimum absolute atomic E-state index is 0.00565. The van der Waals surface area contributed by atoms with Crippen molar-refractivity contribution in [1.82, 2.24) is 10.2 Å². The molecule has 3 rings (SSSR count). The summed E-state index contributed by atoms with van der Waals surface area (Å²) in [6.45, 7) is 2.05. The van der Waals surface area contributed by atoms with Gasteiger partial charge in [0.25, 0.3) is 0 Å². The number of nitrogens with zero attached hydrogens (tertiary/aromatic N) is 1. The molecule has 1 aromatic carbocycles. The number of hydrogen-bond acceptors (Lipinski definition) is 7. The zero-order valence-electron chi connectivity index (χ0n) is 16.9. The maximum Gasteiger partial charge on any atom is 0.526 e. The van der Waals surface area contributed by atoms with E-state index in [-0.39, 0.29) is 42.0 Å². The fraction of sp³-hybridized carbons (Fsp3) is 0.550. The molecular formula is C20H28BN3O6. The van der Waals surface area contributed by atoms with E-state index in [1.807, 2.05) is 0 Å². The molecule has 0 aliphatic carbocycles. The summed E-state index contributed by atoms with van der Waals surface area (Å²) in [6, 6.07) is 4.94. The Bertz CT molecular complexity index is 797. The fourth-order valence-corrected chi connectivity index (χ4v) is 4.10. The van der Waals surface area contributed by atoms with Gasteiger partial charge >= 0.3 is 13.1 Å². The lowest BCUT2D eigenvalue weighted by atomic mass is 9.64. The van der Waals surface area contributed by atoms with Gasteiger partial charge in [0.15, 0.2) is 0 Å². The number of carbonyl (C=O) groups is 3. The molecule has 0 saturated carbocycles. The number of nitrogens with one attached hydrogen (secondary N) is 1. The third-order valence-electron chi connectivity index (χ3n) is 5.66. The Morgan fingerprint density at radius 1 is 1.27 bits per heavy atom. The topological polar surface area (TPSA) is 142 Å². The molecule has 0 radical (unpaired) electrons. The van der Waals surface area contributed by atoms with Crippen molar-refractivity contribution < 1.29 is 29.2 Å². The highest BCUT2D eigenvalue weighted by Crippen LogP contribution is 2.36. The molecule has 10 heteroatoms. The van der Waals surface area contributed by atoms with Crippen molar-refractivity contribution in [2.75, 3.05) is 26.2 Å². The van der Waals surface area contributed by atoms with Crippen molar-refractivity contribution >= 4 is 24.8 Å². The average molecular weight is 417 g/mol. The molecule has 0 unspecified atom stereocenters. The summed E-state index contributed by atoms with van der Waals surface area (Å²) < 4.78 is 5.46. The van der Waals surface area contributed by atoms with Gasteiger partial charge in [0.1, 0.15) is 11.5 Å². The van der Waals surface area contributed by atoms with Gasteiger partial charge in [0.05, 0.1) is 12.1 Å². The van der Waals surface area contributed by atoms with Crippen LogP contribution in [0.4, 0.5) is 0 Å². The average Bonchev–Trinajstić information content (AvgIpc) is 2.69. The third-order valence-corrected chi connectivity index (χ3v) is 5.66. The van der Waals surface area contributed by atoms with E-state index in [4.69, 9.17) is 10.4 Å². The number of likely N-dealkylation sites (tertiary alicyclic amines) is 1. The highest BCUT2D eigenvalue weighted by molar-refractivity contribution is 6.47. The third kappa shape index (κ3) is 5.59. The van der Waals surface area contributed by atoms with Crippen LogP contribution in [-0.4, -0.2) is 72.0 Å². The first-order valence-electron chi connectivity index (χ1n) is 10.3. The number of carboxylic acids is 1. The van der Waals surface area contributed by atoms with E-state index in [9.17, 15) is 24.5 Å². The zero-order chi connectivity index (χ0) is 21.7. The lowest BCUT2D eigenvalue weighted by Crippen LogP contribution is -2.46. The number of carboxylic acid groups (broad SMARTS) is 1. The molecule has 162 valence electrons. The normalized spacial score (nSPS) is 19.7. The number of amides is 1. The number of rotatable bonds is 8. The number of carbonyl (C=O) groups excluding carboxylic acids is 2. The molecule has 0 spiro atoms. The van der Waals surface area contributed by atoms with Gasteiger partial charge in [-0.05, 0) is 30.9 Å². The summed E-state index contributed by atoms with van der Waals surface area (Å²) in [6.07, 6.45) is 2.43. The second kappa shape index (κ2) is 10.1. The Morgan fingerprint density at radius 3 is 2.67 bits per heavy atom. The molecule has 30 heavy (non-hydrogen) atoms. The molecule has 1 amide bonds. The maximum absolute atomic E-state index is 12.6. The van der Waals surface area contributed by atoms with E-state index in [0.29, 0.717) is 38.0 Å². The molecule has 2 heterocycles. The van der Waals surface area contributed by atoms with Gasteiger partial charge in [-0.15, -0.1) is 0 Å². The predicted molar refractivity (Wildman–Crippen MR) is 110 cm³/mol. The molecule has 1 atom stereocenters. The predicted octanol–water partition coefficient (Wildman–Crippen LogP) is 0.0590.